The molecule has 0 radical (unpaired) electrons. The topological polar surface area (TPSA) is 90.3 Å². The number of pyridine rings is 1. The van der Waals surface area contributed by atoms with Crippen molar-refractivity contribution >= 4 is 45.5 Å². The van der Waals surface area contributed by atoms with Gasteiger partial charge in [0, 0.05) is 48.2 Å². The second-order valence-corrected chi connectivity index (χ2v) is 6.27. The summed E-state index contributed by atoms with van der Waals surface area (Å²) in [5.74, 6) is -4.04. The fourth-order valence-electron chi connectivity index (χ4n) is 2.40. The first-order chi connectivity index (χ1) is 23.1. The maximum absolute atomic E-state index is 14.3. The van der Waals surface area contributed by atoms with Crippen LogP contribution in [0.25, 0.3) is 10.9 Å². The third-order valence-corrected chi connectivity index (χ3v) is 3.96. The van der Waals surface area contributed by atoms with Gasteiger partial charge in [0.25, 0.3) is 0 Å². The van der Waals surface area contributed by atoms with E-state index < -0.39 is 132 Å². The summed E-state index contributed by atoms with van der Waals surface area (Å²) in [6.45, 7) is -14.8. The van der Waals surface area contributed by atoms with E-state index in [-0.39, 0.29) is 4.90 Å². The third-order valence-electron chi connectivity index (χ3n) is 3.70. The number of likely N-dealkylation sites (N-methyl/N-ethyl adjacent to an activating group) is 1. The molecule has 0 bridgehead atoms. The normalized spacial score (nSPS) is 20.8. The van der Waals surface area contributed by atoms with Gasteiger partial charge < -0.3 is 20.3 Å². The Morgan fingerprint density at radius 2 is 2.33 bits per heavy atom. The number of ether oxygens (including phenoxy) is 1. The Bertz CT molecular complexity index is 1950. The first-order valence-electron chi connectivity index (χ1n) is 17.6. The van der Waals surface area contributed by atoms with Crippen molar-refractivity contribution in [1.82, 2.24) is 9.88 Å². The van der Waals surface area contributed by atoms with E-state index in [1.54, 1.807) is 6.07 Å². The molecule has 0 spiro atoms. The summed E-state index contributed by atoms with van der Waals surface area (Å²) in [7, 11) is 0. The quantitative estimate of drug-likeness (QED) is 0.431. The van der Waals surface area contributed by atoms with Crippen molar-refractivity contribution in [3.63, 3.8) is 0 Å². The molecule has 0 saturated heterocycles. The number of hydrogen-bond acceptors (Lipinski definition) is 6. The Balaban J connectivity index is 2.40. The van der Waals surface area contributed by atoms with Crippen LogP contribution in [-0.4, -0.2) is 42.8 Å². The number of anilines is 3. The number of nitriles is 1. The highest BCUT2D eigenvalue weighted by molar-refractivity contribution is 6.31. The third kappa shape index (κ3) is 5.98. The first kappa shape index (κ1) is 9.67. The van der Waals surface area contributed by atoms with Crippen LogP contribution >= 0.6 is 11.6 Å². The lowest BCUT2D eigenvalue weighted by Crippen LogP contribution is -2.13. The van der Waals surface area contributed by atoms with Crippen molar-refractivity contribution < 1.29 is 38.6 Å². The minimum Gasteiger partial charge on any atom is -0.492 e. The summed E-state index contributed by atoms with van der Waals surface area (Å²) < 4.78 is 160. The van der Waals surface area contributed by atoms with E-state index in [4.69, 9.17) is 41.0 Å². The monoisotopic (exact) mass is 485 g/mol. The molecule has 1 aromatic heterocycles. The molecule has 2 aromatic carbocycles. The van der Waals surface area contributed by atoms with Crippen LogP contribution < -0.4 is 15.4 Å². The minimum absolute atomic E-state index is 0.0596. The Kier molecular flexibility index (Phi) is 3.16. The molecule has 2 N–H and O–H groups in total. The second-order valence-electron chi connectivity index (χ2n) is 5.89. The zero-order valence-electron chi connectivity index (χ0n) is 34.2. The Hall–Kier alpha value is -3.67. The number of benzene rings is 2. The summed E-state index contributed by atoms with van der Waals surface area (Å²) in [6.07, 6.45) is -0.561. The number of nitrogens with zero attached hydrogens (tertiary/aromatic N) is 3. The number of nitrogens with one attached hydrogen (secondary N) is 2. The van der Waals surface area contributed by atoms with Gasteiger partial charge in [0.2, 0.25) is 5.91 Å². The average Bonchev–Trinajstić information content (AvgIpc) is 2.98. The predicted molar refractivity (Wildman–Crippen MR) is 129 cm³/mol. The van der Waals surface area contributed by atoms with Gasteiger partial charge in [0.15, 0.2) is 0 Å². The number of carbonyl (C=O) groups excluding carboxylic acids is 1. The van der Waals surface area contributed by atoms with E-state index in [1.165, 1.54) is 0 Å². The molecular formula is C24H23ClFN5O2. The molecule has 7 nitrogen and oxygen atoms in total. The van der Waals surface area contributed by atoms with Crippen LogP contribution in [0.15, 0.2) is 48.5 Å². The van der Waals surface area contributed by atoms with Gasteiger partial charge in [0.05, 0.1) is 46.4 Å². The molecule has 0 saturated carbocycles. The molecule has 0 aliphatic rings. The number of hydrogen-bond donors (Lipinski definition) is 2. The second kappa shape index (κ2) is 10.8. The van der Waals surface area contributed by atoms with Crippen molar-refractivity contribution in [2.75, 3.05) is 37.7 Å². The van der Waals surface area contributed by atoms with Crippen LogP contribution in [0.5, 0.6) is 5.75 Å². The first-order valence-corrected chi connectivity index (χ1v) is 8.98. The molecule has 9 heteroatoms. The lowest BCUT2D eigenvalue weighted by Gasteiger charge is -2.16. The largest absolute Gasteiger partial charge is 0.492 e. The molecule has 1 amide bonds. The van der Waals surface area contributed by atoms with E-state index in [0.717, 1.165) is 0 Å². The molecule has 3 aromatic rings. The molecule has 1 heterocycles. The fourth-order valence-corrected chi connectivity index (χ4v) is 2.54. The van der Waals surface area contributed by atoms with E-state index in [2.05, 4.69) is 10.3 Å². The molecule has 33 heavy (non-hydrogen) atoms. The molecule has 0 unspecified atom stereocenters. The number of halogens is 2. The number of rotatable bonds is 8. The van der Waals surface area contributed by atoms with Gasteiger partial charge in [0.1, 0.15) is 17.6 Å². The van der Waals surface area contributed by atoms with E-state index in [0.29, 0.717) is 6.08 Å². The maximum atomic E-state index is 14.3. The fraction of sp³-hybridized carbons (Fsp3) is 0.208. The van der Waals surface area contributed by atoms with E-state index >= 15 is 0 Å². The van der Waals surface area contributed by atoms with E-state index in [1.807, 2.05) is 5.32 Å². The van der Waals surface area contributed by atoms with Crippen LogP contribution in [0.2, 0.25) is 5.02 Å². The minimum atomic E-state index is -3.63. The summed E-state index contributed by atoms with van der Waals surface area (Å²) in [5.41, 5.74) is -3.91. The lowest BCUT2D eigenvalue weighted by molar-refractivity contribution is -0.111. The molecule has 3 rings (SSSR count). The molecule has 0 aliphatic heterocycles. The molecular weight excluding hydrogens is 445 g/mol. The summed E-state index contributed by atoms with van der Waals surface area (Å²) >= 11 is 5.81. The van der Waals surface area contributed by atoms with E-state index in [9.17, 15) is 14.4 Å². The number of carbonyl (C=O) groups is 1. The number of amides is 1. The zero-order chi connectivity index (χ0) is 39.3. The van der Waals surface area contributed by atoms with Gasteiger partial charge in [-0.05, 0) is 45.0 Å². The van der Waals surface area contributed by atoms with Gasteiger partial charge in [-0.25, -0.2) is 4.39 Å². The number of fused-ring (bicyclic) bond motifs is 1. The molecule has 0 fully saturated rings. The zero-order valence-corrected chi connectivity index (χ0v) is 17.0. The van der Waals surface area contributed by atoms with Gasteiger partial charge in [-0.2, -0.15) is 5.26 Å². The average molecular weight is 486 g/mol. The van der Waals surface area contributed by atoms with Crippen LogP contribution in [0.1, 0.15) is 37.1 Å². The van der Waals surface area contributed by atoms with Crippen LogP contribution in [0, 0.1) is 17.1 Å². The van der Waals surface area contributed by atoms with Crippen molar-refractivity contribution in [3.05, 3.63) is 64.9 Å². The molecule has 170 valence electrons. The Morgan fingerprint density at radius 3 is 3.09 bits per heavy atom. The van der Waals surface area contributed by atoms with Crippen molar-refractivity contribution in [2.24, 2.45) is 0 Å². The highest BCUT2D eigenvalue weighted by Crippen LogP contribution is 2.36. The van der Waals surface area contributed by atoms with Crippen LogP contribution in [0.3, 0.4) is 0 Å². The van der Waals surface area contributed by atoms with Gasteiger partial charge in [-0.3, -0.25) is 9.78 Å². The highest BCUT2D eigenvalue weighted by atomic mass is 35.5. The van der Waals surface area contributed by atoms with Gasteiger partial charge in [-0.15, -0.1) is 0 Å². The summed E-state index contributed by atoms with van der Waals surface area (Å²) in [4.78, 5) is 16.8. The van der Waals surface area contributed by atoms with Crippen molar-refractivity contribution in [2.45, 2.75) is 6.85 Å². The maximum Gasteiger partial charge on any atom is 0.248 e. The summed E-state index contributed by atoms with van der Waals surface area (Å²) in [6, 6.07) is -4.45. The van der Waals surface area contributed by atoms with Crippen LogP contribution in [0.4, 0.5) is 21.5 Å². The molecule has 0 atom stereocenters. The smallest absolute Gasteiger partial charge is 0.248 e. The Labute approximate surface area is 221 Å². The van der Waals surface area contributed by atoms with Gasteiger partial charge in [-0.1, -0.05) is 17.7 Å². The number of aromatic nitrogens is 1. The predicted octanol–water partition coefficient (Wildman–Crippen LogP) is 5.10. The van der Waals surface area contributed by atoms with Gasteiger partial charge >= 0.3 is 0 Å². The van der Waals surface area contributed by atoms with Crippen LogP contribution in [-0.2, 0) is 4.79 Å². The SMILES string of the molecule is [2H]/C(=C\C(=O)Nc1c(OC([2H])([2H])C([2H])([2H])[2H])c([2H])c2nc([2H])c(C#N)c(Nc3c([2H])c([2H])c(F)c(Cl)c3[2H])c2c1[2H])CN(C([2H])([2H])[2H])C([2H])([2H])[2H]. The summed E-state index contributed by atoms with van der Waals surface area (Å²) in [5, 5.41) is 12.6. The lowest BCUT2D eigenvalue weighted by atomic mass is 10.1. The standard InChI is InChI=1S/C24H23ClFN5O2/c1-4-33-22-12-20-17(11-21(22)30-23(32)6-5-9-31(2)3)24(15(13-27)14-28-20)29-16-7-8-19(26)18(25)10-16/h5-8,10-12,14H,4,9H2,1-3H3,(H,28,29)(H,30,32)/b6-5+/i1D3,2D3,3D3,4D2,5D,7D,8D,10D,11D,12D,14D. The highest BCUT2D eigenvalue weighted by Gasteiger charge is 2.15. The Morgan fingerprint density at radius 1 is 1.48 bits per heavy atom. The van der Waals surface area contributed by atoms with Crippen molar-refractivity contribution in [3.8, 4) is 11.8 Å². The van der Waals surface area contributed by atoms with Crippen molar-refractivity contribution in [1.29, 1.82) is 5.26 Å². The molecule has 0 aliphatic carbocycles.